The molecule has 0 aromatic carbocycles. The molecule has 12 heteroatoms. The van der Waals surface area contributed by atoms with Crippen LogP contribution in [0.4, 0.5) is 4.79 Å². The Morgan fingerprint density at radius 2 is 1.46 bits per heavy atom. The van der Waals surface area contributed by atoms with Crippen molar-refractivity contribution in [1.82, 2.24) is 10.6 Å². The number of carbonyl (C=O) groups excluding carboxylic acids is 2. The van der Waals surface area contributed by atoms with E-state index in [0.717, 1.165) is 24.9 Å². The van der Waals surface area contributed by atoms with Crippen molar-refractivity contribution in [3.63, 3.8) is 0 Å². The normalized spacial score (nSPS) is 11.2. The molecular weight excluding hydrogens is 504 g/mol. The smallest absolute Gasteiger partial charge is 0.407 e. The molecule has 1 rings (SSSR count). The zero-order valence-electron chi connectivity index (χ0n) is 22.2. The SMILES string of the molecule is CC(C)(C)OC(=O)NCCCOCCOCCOCCCNC(=O)CCC[n+]1ccc(/C=N/O)cc1.[Cl-]. The van der Waals surface area contributed by atoms with Crippen LogP contribution in [-0.2, 0) is 30.3 Å². The zero-order chi connectivity index (χ0) is 26.5. The predicted octanol–water partition coefficient (Wildman–Crippen LogP) is -0.963. The van der Waals surface area contributed by atoms with Gasteiger partial charge in [0.1, 0.15) is 12.1 Å². The molecule has 0 atom stereocenters. The van der Waals surface area contributed by atoms with Gasteiger partial charge in [-0.1, -0.05) is 5.16 Å². The van der Waals surface area contributed by atoms with Crippen molar-refractivity contribution >= 4 is 18.2 Å². The number of hydrogen-bond donors (Lipinski definition) is 3. The minimum absolute atomic E-state index is 0. The molecule has 0 unspecified atom stereocenters. The first-order chi connectivity index (χ1) is 17.3. The minimum Gasteiger partial charge on any atom is -1.00 e. The molecule has 11 nitrogen and oxygen atoms in total. The quantitative estimate of drug-likeness (QED) is 0.0669. The first-order valence-corrected chi connectivity index (χ1v) is 12.4. The second kappa shape index (κ2) is 21.6. The Kier molecular flexibility index (Phi) is 20.2. The average Bonchev–Trinajstić information content (AvgIpc) is 2.81. The fourth-order valence-corrected chi connectivity index (χ4v) is 2.90. The molecule has 212 valence electrons. The molecule has 1 aromatic heterocycles. The van der Waals surface area contributed by atoms with Gasteiger partial charge in [-0.2, -0.15) is 0 Å². The predicted molar refractivity (Wildman–Crippen MR) is 134 cm³/mol. The van der Waals surface area contributed by atoms with Crippen LogP contribution in [0.5, 0.6) is 0 Å². The number of aryl methyl sites for hydroxylation is 1. The number of oxime groups is 1. The van der Waals surface area contributed by atoms with E-state index in [1.54, 1.807) is 0 Å². The van der Waals surface area contributed by atoms with Crippen molar-refractivity contribution < 1.29 is 50.7 Å². The monoisotopic (exact) mass is 546 g/mol. The Balaban J connectivity index is 0.0000130. The van der Waals surface area contributed by atoms with Gasteiger partial charge < -0.3 is 47.2 Å². The maximum atomic E-state index is 11.9. The van der Waals surface area contributed by atoms with E-state index in [1.165, 1.54) is 6.21 Å². The van der Waals surface area contributed by atoms with Crippen molar-refractivity contribution in [2.75, 3.05) is 52.7 Å². The molecule has 0 fully saturated rings. The van der Waals surface area contributed by atoms with Crippen LogP contribution in [-0.4, -0.2) is 81.8 Å². The van der Waals surface area contributed by atoms with Crippen LogP contribution in [0.2, 0.25) is 0 Å². The number of rotatable bonds is 19. The second-order valence-electron chi connectivity index (χ2n) is 9.04. The maximum Gasteiger partial charge on any atom is 0.407 e. The van der Waals surface area contributed by atoms with E-state index in [0.29, 0.717) is 65.6 Å². The van der Waals surface area contributed by atoms with E-state index in [1.807, 2.05) is 49.9 Å². The maximum absolute atomic E-state index is 11.9. The zero-order valence-corrected chi connectivity index (χ0v) is 23.0. The van der Waals surface area contributed by atoms with Crippen molar-refractivity contribution in [1.29, 1.82) is 0 Å². The number of carbonyl (C=O) groups is 2. The highest BCUT2D eigenvalue weighted by Crippen LogP contribution is 2.06. The van der Waals surface area contributed by atoms with Gasteiger partial charge in [0.15, 0.2) is 12.4 Å². The van der Waals surface area contributed by atoms with Crippen LogP contribution in [0.15, 0.2) is 29.7 Å². The molecule has 0 radical (unpaired) electrons. The molecule has 0 aliphatic rings. The Morgan fingerprint density at radius 1 is 0.919 bits per heavy atom. The summed E-state index contributed by atoms with van der Waals surface area (Å²) in [5.41, 5.74) is 0.318. The molecule has 37 heavy (non-hydrogen) atoms. The number of alkyl carbamates (subject to hydrolysis) is 1. The lowest BCUT2D eigenvalue weighted by atomic mass is 10.2. The van der Waals surface area contributed by atoms with Gasteiger partial charge in [-0.25, -0.2) is 9.36 Å². The molecule has 1 aromatic rings. The van der Waals surface area contributed by atoms with Crippen molar-refractivity contribution in [2.24, 2.45) is 5.16 Å². The van der Waals surface area contributed by atoms with Crippen LogP contribution >= 0.6 is 0 Å². The Bertz CT molecular complexity index is 758. The number of hydrogen-bond acceptors (Lipinski definition) is 8. The number of aromatic nitrogens is 1. The summed E-state index contributed by atoms with van der Waals surface area (Å²) in [4.78, 5) is 23.4. The summed E-state index contributed by atoms with van der Waals surface area (Å²) in [6.45, 7) is 10.3. The van der Waals surface area contributed by atoms with Crippen LogP contribution in [0.3, 0.4) is 0 Å². The third-order valence-electron chi connectivity index (χ3n) is 4.61. The van der Waals surface area contributed by atoms with Crippen molar-refractivity contribution in [3.05, 3.63) is 30.1 Å². The van der Waals surface area contributed by atoms with Gasteiger partial charge in [-0.15, -0.1) is 0 Å². The molecule has 0 aliphatic heterocycles. The standard InChI is InChI=1S/C25H42N4O7.ClH/c1-25(2,3)36-24(31)27-11-6-16-34-18-20-35-19-17-33-15-5-10-26-23(30)7-4-12-29-13-8-22(9-14-29)21-28-32;/h8-9,13-14,21H,4-7,10-12,15-20H2,1-3H3,(H2,26,27,30,31);1H. The van der Waals surface area contributed by atoms with Crippen LogP contribution in [0.25, 0.3) is 0 Å². The van der Waals surface area contributed by atoms with Gasteiger partial charge in [0, 0.05) is 56.8 Å². The summed E-state index contributed by atoms with van der Waals surface area (Å²) in [6, 6.07) is 3.69. The van der Waals surface area contributed by atoms with E-state index >= 15 is 0 Å². The van der Waals surface area contributed by atoms with E-state index in [9.17, 15) is 9.59 Å². The average molecular weight is 547 g/mol. The fourth-order valence-electron chi connectivity index (χ4n) is 2.90. The summed E-state index contributed by atoms with van der Waals surface area (Å²) < 4.78 is 23.5. The molecule has 0 aliphatic carbocycles. The van der Waals surface area contributed by atoms with Crippen LogP contribution in [0.1, 0.15) is 52.0 Å². The van der Waals surface area contributed by atoms with Crippen LogP contribution < -0.4 is 27.6 Å². The number of ether oxygens (including phenoxy) is 4. The summed E-state index contributed by atoms with van der Waals surface area (Å²) in [5.74, 6) is 0.0311. The third kappa shape index (κ3) is 21.3. The van der Waals surface area contributed by atoms with Crippen LogP contribution in [0, 0.1) is 0 Å². The Morgan fingerprint density at radius 3 is 2.00 bits per heavy atom. The lowest BCUT2D eigenvalue weighted by molar-refractivity contribution is -0.697. The molecule has 2 amide bonds. The number of halogens is 1. The molecule has 3 N–H and O–H groups in total. The van der Waals surface area contributed by atoms with E-state index in [4.69, 9.17) is 24.2 Å². The summed E-state index contributed by atoms with van der Waals surface area (Å²) in [6.07, 6.45) is 7.37. The molecule has 0 bridgehead atoms. The molecular formula is C25H43ClN4O7. The fraction of sp³-hybridized carbons (Fsp3) is 0.680. The molecule has 0 saturated heterocycles. The number of amides is 2. The van der Waals surface area contributed by atoms with E-state index in [2.05, 4.69) is 15.8 Å². The molecule has 1 heterocycles. The number of nitrogens with one attached hydrogen (secondary N) is 2. The highest BCUT2D eigenvalue weighted by molar-refractivity contribution is 5.78. The highest BCUT2D eigenvalue weighted by atomic mass is 35.5. The second-order valence-corrected chi connectivity index (χ2v) is 9.04. The summed E-state index contributed by atoms with van der Waals surface area (Å²) in [5, 5.41) is 17.1. The largest absolute Gasteiger partial charge is 1.00 e. The summed E-state index contributed by atoms with van der Waals surface area (Å²) in [7, 11) is 0. The third-order valence-corrected chi connectivity index (χ3v) is 4.61. The number of pyridine rings is 1. The first kappa shape index (κ1) is 34.5. The van der Waals surface area contributed by atoms with Gasteiger partial charge in [0.25, 0.3) is 0 Å². The Labute approximate surface area is 226 Å². The van der Waals surface area contributed by atoms with Gasteiger partial charge >= 0.3 is 6.09 Å². The van der Waals surface area contributed by atoms with Gasteiger partial charge in [-0.3, -0.25) is 4.79 Å². The Hall–Kier alpha value is -2.47. The lowest BCUT2D eigenvalue weighted by Crippen LogP contribution is -3.00. The van der Waals surface area contributed by atoms with Gasteiger partial charge in [0.2, 0.25) is 5.91 Å². The molecule has 0 saturated carbocycles. The van der Waals surface area contributed by atoms with Gasteiger partial charge in [0.05, 0.1) is 32.6 Å². The number of nitrogens with zero attached hydrogens (tertiary/aromatic N) is 2. The van der Waals surface area contributed by atoms with E-state index in [-0.39, 0.29) is 18.3 Å². The van der Waals surface area contributed by atoms with Crippen molar-refractivity contribution in [2.45, 2.75) is 58.6 Å². The minimum atomic E-state index is -0.495. The van der Waals surface area contributed by atoms with E-state index < -0.39 is 11.7 Å². The van der Waals surface area contributed by atoms with Gasteiger partial charge in [-0.05, 0) is 33.6 Å². The summed E-state index contributed by atoms with van der Waals surface area (Å²) >= 11 is 0. The highest BCUT2D eigenvalue weighted by Gasteiger charge is 2.15. The molecule has 0 spiro atoms. The lowest BCUT2D eigenvalue weighted by Gasteiger charge is -2.19. The van der Waals surface area contributed by atoms with Crippen molar-refractivity contribution in [3.8, 4) is 0 Å². The first-order valence-electron chi connectivity index (χ1n) is 12.4. The topological polar surface area (TPSA) is 132 Å².